The number of carbonyl (C=O) groups excluding carboxylic acids is 1. The van der Waals surface area contributed by atoms with E-state index in [9.17, 15) is 4.79 Å². The molecule has 17 heavy (non-hydrogen) atoms. The van der Waals surface area contributed by atoms with Gasteiger partial charge in [-0.2, -0.15) is 0 Å². The summed E-state index contributed by atoms with van der Waals surface area (Å²) < 4.78 is 5.18. The standard InChI is InChI=1S/C13H18N2O2/c14-11-6-3-7-12(8-11)15-13(16)17-9-10-4-1-2-5-10/h3,6-8,10H,1-2,4-5,9,14H2,(H,15,16). The Morgan fingerprint density at radius 3 is 2.88 bits per heavy atom. The van der Waals surface area contributed by atoms with E-state index >= 15 is 0 Å². The third-order valence-electron chi connectivity index (χ3n) is 3.06. The molecule has 92 valence electrons. The molecule has 1 aliphatic carbocycles. The van der Waals surface area contributed by atoms with Crippen molar-refractivity contribution in [2.75, 3.05) is 17.7 Å². The Morgan fingerprint density at radius 1 is 1.41 bits per heavy atom. The molecule has 0 aromatic heterocycles. The van der Waals surface area contributed by atoms with Gasteiger partial charge in [0.05, 0.1) is 6.61 Å². The van der Waals surface area contributed by atoms with Gasteiger partial charge in [0, 0.05) is 11.4 Å². The van der Waals surface area contributed by atoms with Gasteiger partial charge in [-0.15, -0.1) is 0 Å². The number of nitrogen functional groups attached to an aromatic ring is 1. The fourth-order valence-electron chi connectivity index (χ4n) is 2.14. The van der Waals surface area contributed by atoms with Crippen LogP contribution in [0.15, 0.2) is 24.3 Å². The molecule has 0 atom stereocenters. The zero-order valence-electron chi connectivity index (χ0n) is 9.82. The molecule has 1 fully saturated rings. The molecule has 1 amide bonds. The molecule has 2 rings (SSSR count). The highest BCUT2D eigenvalue weighted by molar-refractivity contribution is 5.85. The number of nitrogens with one attached hydrogen (secondary N) is 1. The lowest BCUT2D eigenvalue weighted by Gasteiger charge is -2.11. The van der Waals surface area contributed by atoms with Crippen molar-refractivity contribution in [3.63, 3.8) is 0 Å². The Hall–Kier alpha value is -1.71. The molecule has 4 nitrogen and oxygen atoms in total. The van der Waals surface area contributed by atoms with Crippen molar-refractivity contribution < 1.29 is 9.53 Å². The number of carbonyl (C=O) groups is 1. The van der Waals surface area contributed by atoms with Crippen LogP contribution in [-0.4, -0.2) is 12.7 Å². The van der Waals surface area contributed by atoms with Crippen molar-refractivity contribution in [3.8, 4) is 0 Å². The van der Waals surface area contributed by atoms with Crippen molar-refractivity contribution in [2.24, 2.45) is 5.92 Å². The minimum absolute atomic E-state index is 0.400. The number of hydrogen-bond donors (Lipinski definition) is 2. The van der Waals surface area contributed by atoms with Gasteiger partial charge < -0.3 is 10.5 Å². The molecular formula is C13H18N2O2. The van der Waals surface area contributed by atoms with Crippen LogP contribution >= 0.6 is 0 Å². The number of benzene rings is 1. The molecule has 0 bridgehead atoms. The van der Waals surface area contributed by atoms with Gasteiger partial charge in [0.15, 0.2) is 0 Å². The maximum Gasteiger partial charge on any atom is 0.411 e. The summed E-state index contributed by atoms with van der Waals surface area (Å²) in [6.45, 7) is 0.522. The third kappa shape index (κ3) is 3.66. The molecule has 3 N–H and O–H groups in total. The van der Waals surface area contributed by atoms with E-state index in [2.05, 4.69) is 5.32 Å². The van der Waals surface area contributed by atoms with E-state index in [1.807, 2.05) is 0 Å². The number of hydrogen-bond acceptors (Lipinski definition) is 3. The fraction of sp³-hybridized carbons (Fsp3) is 0.462. The van der Waals surface area contributed by atoms with Crippen molar-refractivity contribution in [1.82, 2.24) is 0 Å². The SMILES string of the molecule is Nc1cccc(NC(=O)OCC2CCCC2)c1. The molecule has 4 heteroatoms. The van der Waals surface area contributed by atoms with E-state index in [1.54, 1.807) is 24.3 Å². The average Bonchev–Trinajstić information content (AvgIpc) is 2.79. The molecular weight excluding hydrogens is 216 g/mol. The first kappa shape index (κ1) is 11.8. The highest BCUT2D eigenvalue weighted by Gasteiger charge is 2.16. The summed E-state index contributed by atoms with van der Waals surface area (Å²) in [6.07, 6.45) is 4.45. The Bertz CT molecular complexity index is 387. The van der Waals surface area contributed by atoms with Crippen molar-refractivity contribution in [2.45, 2.75) is 25.7 Å². The Balaban J connectivity index is 1.76. The number of anilines is 2. The maximum atomic E-state index is 11.5. The van der Waals surface area contributed by atoms with Gasteiger partial charge in [0.2, 0.25) is 0 Å². The fourth-order valence-corrected chi connectivity index (χ4v) is 2.14. The predicted molar refractivity (Wildman–Crippen MR) is 67.8 cm³/mol. The second-order valence-corrected chi connectivity index (χ2v) is 4.50. The summed E-state index contributed by atoms with van der Waals surface area (Å²) in [7, 11) is 0. The molecule has 0 heterocycles. The quantitative estimate of drug-likeness (QED) is 0.790. The van der Waals surface area contributed by atoms with Gasteiger partial charge in [0.25, 0.3) is 0 Å². The van der Waals surface area contributed by atoms with E-state index in [0.29, 0.717) is 23.9 Å². The summed E-state index contributed by atoms with van der Waals surface area (Å²) in [6, 6.07) is 7.06. The second-order valence-electron chi connectivity index (χ2n) is 4.50. The number of nitrogens with two attached hydrogens (primary N) is 1. The lowest BCUT2D eigenvalue weighted by Crippen LogP contribution is -2.17. The van der Waals surface area contributed by atoms with Gasteiger partial charge in [-0.05, 0) is 37.0 Å². The highest BCUT2D eigenvalue weighted by atomic mass is 16.5. The van der Waals surface area contributed by atoms with Crippen LogP contribution in [0.2, 0.25) is 0 Å². The monoisotopic (exact) mass is 234 g/mol. The minimum Gasteiger partial charge on any atom is -0.449 e. The Morgan fingerprint density at radius 2 is 2.18 bits per heavy atom. The molecule has 1 aliphatic rings. The largest absolute Gasteiger partial charge is 0.449 e. The number of amides is 1. The van der Waals surface area contributed by atoms with Gasteiger partial charge >= 0.3 is 6.09 Å². The van der Waals surface area contributed by atoms with Crippen LogP contribution in [0.1, 0.15) is 25.7 Å². The van der Waals surface area contributed by atoms with Crippen molar-refractivity contribution in [1.29, 1.82) is 0 Å². The van der Waals surface area contributed by atoms with Crippen molar-refractivity contribution in [3.05, 3.63) is 24.3 Å². The predicted octanol–water partition coefficient (Wildman–Crippen LogP) is 3.01. The molecule has 1 aromatic carbocycles. The molecule has 1 aromatic rings. The maximum absolute atomic E-state index is 11.5. The molecule has 0 aliphatic heterocycles. The minimum atomic E-state index is -0.400. The first-order chi connectivity index (χ1) is 8.24. The van der Waals surface area contributed by atoms with Crippen LogP contribution < -0.4 is 11.1 Å². The lowest BCUT2D eigenvalue weighted by molar-refractivity contribution is 0.142. The smallest absolute Gasteiger partial charge is 0.411 e. The van der Waals surface area contributed by atoms with Crippen LogP contribution in [0.4, 0.5) is 16.2 Å². The van der Waals surface area contributed by atoms with Crippen LogP contribution in [0.3, 0.4) is 0 Å². The number of rotatable bonds is 3. The van der Waals surface area contributed by atoms with Crippen LogP contribution in [0.5, 0.6) is 0 Å². The van der Waals surface area contributed by atoms with Crippen LogP contribution in [-0.2, 0) is 4.74 Å². The molecule has 0 saturated heterocycles. The van der Waals surface area contributed by atoms with E-state index in [0.717, 1.165) is 0 Å². The van der Waals surface area contributed by atoms with Gasteiger partial charge in [-0.25, -0.2) is 4.79 Å². The average molecular weight is 234 g/mol. The lowest BCUT2D eigenvalue weighted by atomic mass is 10.1. The highest BCUT2D eigenvalue weighted by Crippen LogP contribution is 2.24. The van der Waals surface area contributed by atoms with Gasteiger partial charge in [-0.1, -0.05) is 18.9 Å². The van der Waals surface area contributed by atoms with Crippen LogP contribution in [0.25, 0.3) is 0 Å². The van der Waals surface area contributed by atoms with Crippen LogP contribution in [0, 0.1) is 5.92 Å². The van der Waals surface area contributed by atoms with E-state index < -0.39 is 6.09 Å². The van der Waals surface area contributed by atoms with Gasteiger partial charge in [0.1, 0.15) is 0 Å². The zero-order valence-corrected chi connectivity index (χ0v) is 9.82. The first-order valence-corrected chi connectivity index (χ1v) is 6.03. The Labute approximate surface area is 101 Å². The molecule has 0 spiro atoms. The normalized spacial score (nSPS) is 15.8. The van der Waals surface area contributed by atoms with E-state index in [4.69, 9.17) is 10.5 Å². The summed E-state index contributed by atoms with van der Waals surface area (Å²) in [5, 5.41) is 2.67. The second kappa shape index (κ2) is 5.57. The summed E-state index contributed by atoms with van der Waals surface area (Å²) in [5.74, 6) is 0.543. The molecule has 1 saturated carbocycles. The summed E-state index contributed by atoms with van der Waals surface area (Å²) >= 11 is 0. The number of ether oxygens (including phenoxy) is 1. The summed E-state index contributed by atoms with van der Waals surface area (Å²) in [5.41, 5.74) is 6.91. The third-order valence-corrected chi connectivity index (χ3v) is 3.06. The Kier molecular flexibility index (Phi) is 3.85. The van der Waals surface area contributed by atoms with Crippen molar-refractivity contribution >= 4 is 17.5 Å². The first-order valence-electron chi connectivity index (χ1n) is 6.03. The molecule has 0 unspecified atom stereocenters. The topological polar surface area (TPSA) is 64.3 Å². The zero-order chi connectivity index (χ0) is 12.1. The molecule has 0 radical (unpaired) electrons. The van der Waals surface area contributed by atoms with E-state index in [1.165, 1.54) is 25.7 Å². The van der Waals surface area contributed by atoms with Gasteiger partial charge in [-0.3, -0.25) is 5.32 Å². The summed E-state index contributed by atoms with van der Waals surface area (Å²) in [4.78, 5) is 11.5. The van der Waals surface area contributed by atoms with E-state index in [-0.39, 0.29) is 0 Å².